The number of hydrogen-bond acceptors (Lipinski definition) is 3. The summed E-state index contributed by atoms with van der Waals surface area (Å²) in [6, 6.07) is 0.702. The van der Waals surface area contributed by atoms with E-state index in [1.165, 1.54) is 0 Å². The van der Waals surface area contributed by atoms with Crippen molar-refractivity contribution in [2.75, 3.05) is 0 Å². The fourth-order valence-electron chi connectivity index (χ4n) is 1.15. The molecule has 0 saturated carbocycles. The number of hydrogen-bond donors (Lipinski definition) is 0. The van der Waals surface area contributed by atoms with Crippen LogP contribution in [0.5, 0.6) is 0 Å². The number of ketones is 1. The van der Waals surface area contributed by atoms with Gasteiger partial charge in [-0.25, -0.2) is 8.78 Å². The molecule has 0 saturated heterocycles. The van der Waals surface area contributed by atoms with E-state index in [1.807, 2.05) is 0 Å². The van der Waals surface area contributed by atoms with E-state index >= 15 is 0 Å². The van der Waals surface area contributed by atoms with Gasteiger partial charge in [0.1, 0.15) is 0 Å². The van der Waals surface area contributed by atoms with Gasteiger partial charge in [-0.15, -0.1) is 0 Å². The average molecular weight is 269 g/mol. The van der Waals surface area contributed by atoms with Crippen LogP contribution >= 0.6 is 0 Å². The van der Waals surface area contributed by atoms with Crippen LogP contribution in [-0.4, -0.2) is 17.1 Å². The van der Waals surface area contributed by atoms with Gasteiger partial charge in [0.05, 0.1) is 10.5 Å². The Kier molecular flexibility index (Phi) is 3.63. The van der Waals surface area contributed by atoms with Gasteiger partial charge in [-0.3, -0.25) is 14.9 Å². The Morgan fingerprint density at radius 3 is 2.17 bits per heavy atom. The maximum absolute atomic E-state index is 12.4. The van der Waals surface area contributed by atoms with Crippen molar-refractivity contribution in [1.82, 2.24) is 0 Å². The van der Waals surface area contributed by atoms with Crippen molar-refractivity contribution in [2.24, 2.45) is 0 Å². The van der Waals surface area contributed by atoms with Crippen molar-refractivity contribution >= 4 is 11.5 Å². The number of halogens is 5. The Labute approximate surface area is 96.2 Å². The van der Waals surface area contributed by atoms with E-state index in [0.717, 1.165) is 0 Å². The van der Waals surface area contributed by atoms with Gasteiger partial charge in [0, 0.05) is 17.7 Å². The minimum Gasteiger partial charge on any atom is -0.288 e. The third kappa shape index (κ3) is 2.99. The van der Waals surface area contributed by atoms with Crippen molar-refractivity contribution in [3.8, 4) is 0 Å². The van der Waals surface area contributed by atoms with Crippen LogP contribution in [0, 0.1) is 10.1 Å². The lowest BCUT2D eigenvalue weighted by Gasteiger charge is -2.08. The third-order valence-electron chi connectivity index (χ3n) is 1.94. The summed E-state index contributed by atoms with van der Waals surface area (Å²) < 4.78 is 61.2. The topological polar surface area (TPSA) is 60.2 Å². The summed E-state index contributed by atoms with van der Waals surface area (Å²) in [7, 11) is 0. The molecule has 4 nitrogen and oxygen atoms in total. The number of nitro groups is 1. The molecule has 0 aliphatic rings. The first kappa shape index (κ1) is 14.0. The normalized spacial score (nSPS) is 11.7. The summed E-state index contributed by atoms with van der Waals surface area (Å²) in [5, 5.41) is 10.4. The molecule has 0 bridgehead atoms. The molecule has 0 fully saturated rings. The number of carbonyl (C=O) groups excluding carboxylic acids is 1. The fourth-order valence-corrected chi connectivity index (χ4v) is 1.15. The number of rotatable bonds is 3. The molecule has 0 atom stereocenters. The van der Waals surface area contributed by atoms with Crippen LogP contribution in [0.15, 0.2) is 18.2 Å². The van der Waals surface area contributed by atoms with E-state index in [-0.39, 0.29) is 12.1 Å². The van der Waals surface area contributed by atoms with Crippen LogP contribution in [0.2, 0.25) is 0 Å². The lowest BCUT2D eigenvalue weighted by atomic mass is 10.1. The highest BCUT2D eigenvalue weighted by Crippen LogP contribution is 2.33. The molecule has 0 radical (unpaired) electrons. The number of Topliss-reactive ketones (excluding diaryl/α,β-unsaturated/α-hetero) is 1. The first-order valence-corrected chi connectivity index (χ1v) is 4.32. The Morgan fingerprint density at radius 1 is 1.22 bits per heavy atom. The zero-order valence-corrected chi connectivity index (χ0v) is 8.37. The van der Waals surface area contributed by atoms with Crippen LogP contribution in [0.25, 0.3) is 0 Å². The van der Waals surface area contributed by atoms with E-state index in [0.29, 0.717) is 6.07 Å². The monoisotopic (exact) mass is 269 g/mol. The molecule has 0 unspecified atom stereocenters. The van der Waals surface area contributed by atoms with Crippen molar-refractivity contribution in [3.05, 3.63) is 39.4 Å². The molecule has 1 aromatic rings. The van der Waals surface area contributed by atoms with Gasteiger partial charge in [0.2, 0.25) is 5.78 Å². The Bertz CT molecular complexity index is 497. The quantitative estimate of drug-likeness (QED) is 0.366. The Hall–Kier alpha value is -2.06. The maximum Gasteiger partial charge on any atom is 0.416 e. The predicted octanol–water partition coefficient (Wildman–Crippen LogP) is 3.06. The van der Waals surface area contributed by atoms with Gasteiger partial charge < -0.3 is 0 Å². The van der Waals surface area contributed by atoms with Gasteiger partial charge >= 0.3 is 12.6 Å². The number of alkyl halides is 5. The van der Waals surface area contributed by atoms with Gasteiger partial charge in [0.15, 0.2) is 0 Å². The highest BCUT2D eigenvalue weighted by Gasteiger charge is 2.34. The second-order valence-corrected chi connectivity index (χ2v) is 3.19. The second-order valence-electron chi connectivity index (χ2n) is 3.19. The number of non-ortho nitro benzene ring substituents is 1. The molecule has 0 aliphatic carbocycles. The Balaban J connectivity index is 3.41. The van der Waals surface area contributed by atoms with Gasteiger partial charge in [-0.2, -0.15) is 13.2 Å². The maximum atomic E-state index is 12.4. The van der Waals surface area contributed by atoms with E-state index < -0.39 is 40.1 Å². The van der Waals surface area contributed by atoms with E-state index in [4.69, 9.17) is 0 Å². The third-order valence-corrected chi connectivity index (χ3v) is 1.94. The largest absolute Gasteiger partial charge is 0.416 e. The fraction of sp³-hybridized carbons (Fsp3) is 0.222. The minimum absolute atomic E-state index is 0.154. The molecule has 18 heavy (non-hydrogen) atoms. The Morgan fingerprint density at radius 2 is 1.78 bits per heavy atom. The summed E-state index contributed by atoms with van der Waals surface area (Å²) >= 11 is 0. The molecule has 1 rings (SSSR count). The molecule has 0 aromatic heterocycles. The van der Waals surface area contributed by atoms with Gasteiger partial charge in [-0.1, -0.05) is 0 Å². The first-order valence-electron chi connectivity index (χ1n) is 4.32. The van der Waals surface area contributed by atoms with Crippen LogP contribution < -0.4 is 0 Å². The lowest BCUT2D eigenvalue weighted by molar-refractivity contribution is -0.385. The molecule has 98 valence electrons. The van der Waals surface area contributed by atoms with Crippen LogP contribution in [0.4, 0.5) is 27.6 Å². The zero-order chi connectivity index (χ0) is 14.1. The van der Waals surface area contributed by atoms with Gasteiger partial charge in [0.25, 0.3) is 5.69 Å². The average Bonchev–Trinajstić information content (AvgIpc) is 2.26. The lowest BCUT2D eigenvalue weighted by Crippen LogP contribution is -2.13. The number of nitro benzene ring substituents is 1. The van der Waals surface area contributed by atoms with Crippen molar-refractivity contribution in [2.45, 2.75) is 12.6 Å². The zero-order valence-electron chi connectivity index (χ0n) is 8.37. The van der Waals surface area contributed by atoms with Gasteiger partial charge in [-0.05, 0) is 6.07 Å². The van der Waals surface area contributed by atoms with E-state index in [9.17, 15) is 36.9 Å². The van der Waals surface area contributed by atoms with Crippen LogP contribution in [-0.2, 0) is 6.18 Å². The number of nitrogens with zero attached hydrogens (tertiary/aromatic N) is 1. The molecular weight excluding hydrogens is 265 g/mol. The minimum atomic E-state index is -4.97. The molecule has 0 N–H and O–H groups in total. The number of benzene rings is 1. The van der Waals surface area contributed by atoms with Crippen molar-refractivity contribution in [1.29, 1.82) is 0 Å². The summed E-state index contributed by atoms with van der Waals surface area (Å²) in [6.45, 7) is 0. The molecule has 0 amide bonds. The van der Waals surface area contributed by atoms with Crippen LogP contribution in [0.3, 0.4) is 0 Å². The molecular formula is C9H4F5NO3. The van der Waals surface area contributed by atoms with Crippen molar-refractivity contribution < 1.29 is 31.7 Å². The summed E-state index contributed by atoms with van der Waals surface area (Å²) in [5.74, 6) is -1.90. The molecule has 0 heterocycles. The highest BCUT2D eigenvalue weighted by molar-refractivity contribution is 5.99. The molecule has 0 aliphatic heterocycles. The summed E-state index contributed by atoms with van der Waals surface area (Å²) in [5.41, 5.74) is -3.65. The van der Waals surface area contributed by atoms with E-state index in [2.05, 4.69) is 0 Å². The predicted molar refractivity (Wildman–Crippen MR) is 48.4 cm³/mol. The second kappa shape index (κ2) is 4.67. The molecule has 9 heteroatoms. The van der Waals surface area contributed by atoms with Crippen LogP contribution in [0.1, 0.15) is 15.9 Å². The smallest absolute Gasteiger partial charge is 0.288 e. The molecule has 0 spiro atoms. The number of carbonyl (C=O) groups is 1. The SMILES string of the molecule is O=C(c1cc([N+](=O)[O-])cc(C(F)(F)F)c1)C(F)F. The first-order chi connectivity index (χ1) is 8.12. The molecule has 1 aromatic carbocycles. The van der Waals surface area contributed by atoms with E-state index in [1.54, 1.807) is 0 Å². The highest BCUT2D eigenvalue weighted by atomic mass is 19.4. The summed E-state index contributed by atoms with van der Waals surface area (Å²) in [4.78, 5) is 20.0. The standard InChI is InChI=1S/C9H4F5NO3/c10-8(11)7(16)4-1-5(9(12,13)14)3-6(2-4)15(17)18/h1-3,8H. The summed E-state index contributed by atoms with van der Waals surface area (Å²) in [6.07, 6.45) is -8.50. The van der Waals surface area contributed by atoms with Crippen molar-refractivity contribution in [3.63, 3.8) is 0 Å².